The molecule has 0 N–H and O–H groups in total. The second-order valence-electron chi connectivity index (χ2n) is 4.75. The largest absolute Gasteiger partial charge is 0.343 e. The second-order valence-corrected chi connectivity index (χ2v) is 5.22. The van der Waals surface area contributed by atoms with Crippen molar-refractivity contribution in [2.75, 3.05) is 0 Å². The number of fused-ring (bicyclic) bond motifs is 1. The van der Waals surface area contributed by atoms with Gasteiger partial charge in [-0.2, -0.15) is 0 Å². The fourth-order valence-electron chi connectivity index (χ4n) is 2.48. The first-order valence-electron chi connectivity index (χ1n) is 6.50. The van der Waals surface area contributed by atoms with Crippen molar-refractivity contribution >= 4 is 28.8 Å². The number of carbonyl (C=O) groups is 1. The summed E-state index contributed by atoms with van der Waals surface area (Å²) in [6.45, 7) is 0.768. The van der Waals surface area contributed by atoms with Crippen LogP contribution in [0.5, 0.6) is 0 Å². The van der Waals surface area contributed by atoms with Crippen molar-refractivity contribution in [2.24, 2.45) is 0 Å². The van der Waals surface area contributed by atoms with Gasteiger partial charge >= 0.3 is 0 Å². The molecule has 3 heteroatoms. The van der Waals surface area contributed by atoms with E-state index >= 15 is 0 Å². The molecule has 20 heavy (non-hydrogen) atoms. The van der Waals surface area contributed by atoms with Gasteiger partial charge in [0.05, 0.1) is 0 Å². The fraction of sp³-hybridized carbons (Fsp3) is 0.118. The topological polar surface area (TPSA) is 22.0 Å². The quantitative estimate of drug-likeness (QED) is 0.520. The first-order valence-corrected chi connectivity index (χ1v) is 6.94. The van der Waals surface area contributed by atoms with E-state index in [9.17, 15) is 4.79 Å². The lowest BCUT2D eigenvalue weighted by atomic mass is 10.1. The minimum Gasteiger partial charge on any atom is -0.343 e. The van der Waals surface area contributed by atoms with Gasteiger partial charge in [0.2, 0.25) is 0 Å². The van der Waals surface area contributed by atoms with Crippen LogP contribution in [0.15, 0.2) is 60.8 Å². The number of carbonyl (C=O) groups excluding carboxylic acids is 1. The lowest BCUT2D eigenvalue weighted by Gasteiger charge is -2.05. The van der Waals surface area contributed by atoms with Crippen LogP contribution in [0.3, 0.4) is 0 Å². The highest BCUT2D eigenvalue weighted by Gasteiger charge is 2.14. The predicted octanol–water partition coefficient (Wildman–Crippen LogP) is 4.17. The Morgan fingerprint density at radius 1 is 1.05 bits per heavy atom. The van der Waals surface area contributed by atoms with E-state index in [0.29, 0.717) is 0 Å². The number of aldehydes is 1. The van der Waals surface area contributed by atoms with Gasteiger partial charge in [0.1, 0.15) is 11.7 Å². The smallest absolute Gasteiger partial charge is 0.142 e. The van der Waals surface area contributed by atoms with Crippen LogP contribution in [0, 0.1) is 0 Å². The van der Waals surface area contributed by atoms with E-state index in [1.807, 2.05) is 42.6 Å². The molecular formula is C17H14ClNO. The molecule has 100 valence electrons. The van der Waals surface area contributed by atoms with Gasteiger partial charge < -0.3 is 9.36 Å². The molecule has 2 nitrogen and oxygen atoms in total. The van der Waals surface area contributed by atoms with E-state index < -0.39 is 5.38 Å². The molecular weight excluding hydrogens is 270 g/mol. The summed E-state index contributed by atoms with van der Waals surface area (Å²) >= 11 is 6.10. The number of nitrogens with zero attached hydrogens (tertiary/aromatic N) is 1. The van der Waals surface area contributed by atoms with Crippen molar-refractivity contribution in [1.29, 1.82) is 0 Å². The van der Waals surface area contributed by atoms with Crippen molar-refractivity contribution in [3.8, 4) is 0 Å². The summed E-state index contributed by atoms with van der Waals surface area (Å²) in [5.41, 5.74) is 3.18. The van der Waals surface area contributed by atoms with Crippen LogP contribution in [0.25, 0.3) is 10.9 Å². The zero-order valence-corrected chi connectivity index (χ0v) is 11.6. The molecule has 2 aromatic carbocycles. The molecule has 0 radical (unpaired) electrons. The Hall–Kier alpha value is -2.06. The number of halogens is 1. The number of alkyl halides is 1. The molecule has 0 amide bonds. The molecule has 0 aliphatic heterocycles. The van der Waals surface area contributed by atoms with Crippen molar-refractivity contribution in [3.05, 3.63) is 71.9 Å². The van der Waals surface area contributed by atoms with Crippen molar-refractivity contribution in [3.63, 3.8) is 0 Å². The molecule has 1 heterocycles. The second kappa shape index (κ2) is 5.51. The van der Waals surface area contributed by atoms with Gasteiger partial charge in [-0.05, 0) is 11.6 Å². The molecule has 1 aromatic heterocycles. The Kier molecular flexibility index (Phi) is 3.57. The maximum absolute atomic E-state index is 11.0. The number of benzene rings is 2. The van der Waals surface area contributed by atoms with Gasteiger partial charge in [-0.25, -0.2) is 0 Å². The minimum atomic E-state index is -0.600. The Balaban J connectivity index is 2.09. The lowest BCUT2D eigenvalue weighted by Crippen LogP contribution is -1.97. The van der Waals surface area contributed by atoms with Crippen molar-refractivity contribution in [2.45, 2.75) is 11.9 Å². The fourth-order valence-corrected chi connectivity index (χ4v) is 2.65. The summed E-state index contributed by atoms with van der Waals surface area (Å²) in [5, 5.41) is 0.437. The molecule has 0 aliphatic rings. The zero-order chi connectivity index (χ0) is 13.9. The standard InChI is InChI=1S/C17H14ClNO/c18-16(12-20)15-11-19(10-13-6-2-1-3-7-13)17-9-5-4-8-14(15)17/h1-9,11-12,16H,10H2. The Bertz CT molecular complexity index is 733. The van der Waals surface area contributed by atoms with Crippen molar-refractivity contribution in [1.82, 2.24) is 4.57 Å². The molecule has 0 aliphatic carbocycles. The van der Waals surface area contributed by atoms with Gasteiger partial charge in [-0.15, -0.1) is 11.6 Å². The highest BCUT2D eigenvalue weighted by molar-refractivity contribution is 6.28. The highest BCUT2D eigenvalue weighted by atomic mass is 35.5. The molecule has 0 saturated heterocycles. The van der Waals surface area contributed by atoms with Crippen LogP contribution < -0.4 is 0 Å². The molecule has 0 saturated carbocycles. The first-order chi connectivity index (χ1) is 9.79. The molecule has 3 aromatic rings. The third kappa shape index (κ3) is 2.35. The maximum Gasteiger partial charge on any atom is 0.142 e. The van der Waals surface area contributed by atoms with Crippen LogP contribution in [-0.2, 0) is 11.3 Å². The zero-order valence-electron chi connectivity index (χ0n) is 10.9. The van der Waals surface area contributed by atoms with Crippen LogP contribution in [0.2, 0.25) is 0 Å². The monoisotopic (exact) mass is 283 g/mol. The summed E-state index contributed by atoms with van der Waals surface area (Å²) in [7, 11) is 0. The SMILES string of the molecule is O=CC(Cl)c1cn(Cc2ccccc2)c2ccccc12. The van der Waals surface area contributed by atoms with E-state index in [-0.39, 0.29) is 0 Å². The first kappa shape index (κ1) is 12.9. The van der Waals surface area contributed by atoms with Gasteiger partial charge in [-0.1, -0.05) is 48.5 Å². The van der Waals surface area contributed by atoms with Gasteiger partial charge in [0.15, 0.2) is 0 Å². The predicted molar refractivity (Wildman–Crippen MR) is 82.1 cm³/mol. The van der Waals surface area contributed by atoms with E-state index in [1.54, 1.807) is 0 Å². The number of hydrogen-bond acceptors (Lipinski definition) is 1. The van der Waals surface area contributed by atoms with Crippen LogP contribution in [0.4, 0.5) is 0 Å². The normalized spacial score (nSPS) is 12.4. The summed E-state index contributed by atoms with van der Waals surface area (Å²) in [6, 6.07) is 18.3. The van der Waals surface area contributed by atoms with Gasteiger partial charge in [-0.3, -0.25) is 0 Å². The summed E-state index contributed by atoms with van der Waals surface area (Å²) in [6.07, 6.45) is 2.75. The van der Waals surface area contributed by atoms with E-state index in [4.69, 9.17) is 11.6 Å². The van der Waals surface area contributed by atoms with Gasteiger partial charge in [0.25, 0.3) is 0 Å². The van der Waals surface area contributed by atoms with E-state index in [1.165, 1.54) is 5.56 Å². The minimum absolute atomic E-state index is 0.600. The summed E-state index contributed by atoms with van der Waals surface area (Å²) < 4.78 is 2.14. The molecule has 0 fully saturated rings. The lowest BCUT2D eigenvalue weighted by molar-refractivity contribution is -0.107. The molecule has 1 atom stereocenters. The molecule has 1 unspecified atom stereocenters. The molecule has 0 bridgehead atoms. The van der Waals surface area contributed by atoms with E-state index in [2.05, 4.69) is 22.8 Å². The van der Waals surface area contributed by atoms with E-state index in [0.717, 1.165) is 29.3 Å². The number of rotatable bonds is 4. The molecule has 0 spiro atoms. The summed E-state index contributed by atoms with van der Waals surface area (Å²) in [4.78, 5) is 11.0. The maximum atomic E-state index is 11.0. The Morgan fingerprint density at radius 3 is 2.50 bits per heavy atom. The highest BCUT2D eigenvalue weighted by Crippen LogP contribution is 2.29. The molecule has 3 rings (SSSR count). The third-order valence-electron chi connectivity index (χ3n) is 3.43. The third-order valence-corrected chi connectivity index (χ3v) is 3.77. The van der Waals surface area contributed by atoms with Crippen molar-refractivity contribution < 1.29 is 4.79 Å². The van der Waals surface area contributed by atoms with Gasteiger partial charge in [0, 0.05) is 29.2 Å². The Labute approximate surface area is 122 Å². The number of aromatic nitrogens is 1. The number of hydrogen-bond donors (Lipinski definition) is 0. The average molecular weight is 284 g/mol. The average Bonchev–Trinajstić information content (AvgIpc) is 2.87. The summed E-state index contributed by atoms with van der Waals surface area (Å²) in [5.74, 6) is 0. The van der Waals surface area contributed by atoms with Crippen LogP contribution in [0.1, 0.15) is 16.5 Å². The Morgan fingerprint density at radius 2 is 1.75 bits per heavy atom. The van der Waals surface area contributed by atoms with Crippen LogP contribution in [-0.4, -0.2) is 10.9 Å². The van der Waals surface area contributed by atoms with Crippen LogP contribution >= 0.6 is 11.6 Å². The number of para-hydroxylation sites is 1.